The Kier molecular flexibility index (Phi) is 4.68. The molecule has 7 nitrogen and oxygen atoms in total. The number of fused-ring (bicyclic) bond motifs is 1. The monoisotopic (exact) mass is 395 g/mol. The summed E-state index contributed by atoms with van der Waals surface area (Å²) in [5.41, 5.74) is 1.30. The minimum absolute atomic E-state index is 0.0244. The second kappa shape index (κ2) is 7.06. The zero-order chi connectivity index (χ0) is 20.8. The van der Waals surface area contributed by atoms with E-state index in [0.717, 1.165) is 23.4 Å². The van der Waals surface area contributed by atoms with Crippen LogP contribution in [0, 0.1) is 5.41 Å². The normalized spacial score (nSPS) is 20.0. The number of anilines is 1. The Balaban J connectivity index is 1.87. The molecule has 0 amide bonds. The van der Waals surface area contributed by atoms with Gasteiger partial charge in [0.25, 0.3) is 5.56 Å². The molecule has 0 fully saturated rings. The van der Waals surface area contributed by atoms with Crippen molar-refractivity contribution in [2.24, 2.45) is 5.41 Å². The molecule has 0 unspecified atom stereocenters. The summed E-state index contributed by atoms with van der Waals surface area (Å²) >= 11 is 0. The van der Waals surface area contributed by atoms with Crippen molar-refractivity contribution in [3.8, 4) is 5.75 Å². The molecule has 4 rings (SSSR count). The van der Waals surface area contributed by atoms with E-state index < -0.39 is 17.2 Å². The number of hydrogen-bond donors (Lipinski definition) is 3. The summed E-state index contributed by atoms with van der Waals surface area (Å²) in [5, 5.41) is 3.16. The quantitative estimate of drug-likeness (QED) is 0.738. The number of aromatic nitrogens is 2. The number of Topliss-reactive ketones (excluding diaryl/α,β-unsaturated/α-hetero) is 1. The van der Waals surface area contributed by atoms with Gasteiger partial charge in [-0.15, -0.1) is 0 Å². The SMILES string of the molecule is CCCOc1ccc([C@H]2C3=C(CC(C)(C)CC3=O)Nc3[nH]c(=O)[nH]c(=O)c32)cc1. The van der Waals surface area contributed by atoms with Crippen LogP contribution in [0.15, 0.2) is 45.1 Å². The largest absolute Gasteiger partial charge is 0.494 e. The van der Waals surface area contributed by atoms with Crippen LogP contribution >= 0.6 is 0 Å². The van der Waals surface area contributed by atoms with Gasteiger partial charge in [0.15, 0.2) is 5.78 Å². The summed E-state index contributed by atoms with van der Waals surface area (Å²) in [6, 6.07) is 7.47. The zero-order valence-corrected chi connectivity index (χ0v) is 16.8. The van der Waals surface area contributed by atoms with E-state index in [4.69, 9.17) is 4.74 Å². The standard InChI is InChI=1S/C22H25N3O4/c1-4-9-29-13-7-5-12(6-8-13)16-17-14(10-22(2,3)11-15(17)26)23-19-18(16)20(27)25-21(28)24-19/h5-8,16H,4,9-11H2,1-3H3,(H3,23,24,25,27,28)/t16-/m0/s1. The molecule has 3 N–H and O–H groups in total. The third-order valence-electron chi connectivity index (χ3n) is 5.44. The second-order valence-corrected chi connectivity index (χ2v) is 8.51. The first-order chi connectivity index (χ1) is 13.8. The Morgan fingerprint density at radius 2 is 1.79 bits per heavy atom. The number of ether oxygens (including phenoxy) is 1. The zero-order valence-electron chi connectivity index (χ0n) is 16.8. The molecular weight excluding hydrogens is 370 g/mol. The van der Waals surface area contributed by atoms with Gasteiger partial charge < -0.3 is 10.1 Å². The Morgan fingerprint density at radius 3 is 2.48 bits per heavy atom. The van der Waals surface area contributed by atoms with Crippen LogP contribution in [0.4, 0.5) is 5.82 Å². The molecule has 0 saturated carbocycles. The van der Waals surface area contributed by atoms with Crippen LogP contribution in [-0.4, -0.2) is 22.4 Å². The molecular formula is C22H25N3O4. The third-order valence-corrected chi connectivity index (χ3v) is 5.44. The van der Waals surface area contributed by atoms with E-state index in [0.29, 0.717) is 36.4 Å². The van der Waals surface area contributed by atoms with Crippen molar-refractivity contribution >= 4 is 11.6 Å². The van der Waals surface area contributed by atoms with Gasteiger partial charge >= 0.3 is 5.69 Å². The van der Waals surface area contributed by atoms with Gasteiger partial charge in [-0.2, -0.15) is 0 Å². The van der Waals surface area contributed by atoms with Crippen molar-refractivity contribution in [1.29, 1.82) is 0 Å². The highest BCUT2D eigenvalue weighted by molar-refractivity contribution is 6.01. The highest BCUT2D eigenvalue weighted by Crippen LogP contribution is 2.47. The lowest BCUT2D eigenvalue weighted by Crippen LogP contribution is -2.38. The summed E-state index contributed by atoms with van der Waals surface area (Å²) in [4.78, 5) is 42.7. The minimum atomic E-state index is -0.575. The summed E-state index contributed by atoms with van der Waals surface area (Å²) < 4.78 is 5.65. The second-order valence-electron chi connectivity index (χ2n) is 8.51. The van der Waals surface area contributed by atoms with Crippen molar-refractivity contribution in [2.75, 3.05) is 11.9 Å². The number of hydrogen-bond acceptors (Lipinski definition) is 5. The van der Waals surface area contributed by atoms with E-state index in [9.17, 15) is 14.4 Å². The molecule has 7 heteroatoms. The van der Waals surface area contributed by atoms with Gasteiger partial charge in [0.1, 0.15) is 11.6 Å². The first-order valence-corrected chi connectivity index (χ1v) is 9.91. The molecule has 1 aliphatic heterocycles. The van der Waals surface area contributed by atoms with E-state index in [-0.39, 0.29) is 11.2 Å². The highest BCUT2D eigenvalue weighted by atomic mass is 16.5. The topological polar surface area (TPSA) is 104 Å². The number of carbonyl (C=O) groups is 1. The van der Waals surface area contributed by atoms with Crippen LogP contribution < -0.4 is 21.3 Å². The van der Waals surface area contributed by atoms with Gasteiger partial charge in [0, 0.05) is 23.6 Å². The number of H-pyrrole nitrogens is 2. The number of nitrogens with one attached hydrogen (secondary N) is 3. The fourth-order valence-corrected chi connectivity index (χ4v) is 4.26. The maximum atomic E-state index is 13.1. The van der Waals surface area contributed by atoms with Gasteiger partial charge in [-0.1, -0.05) is 32.9 Å². The fourth-order valence-electron chi connectivity index (χ4n) is 4.26. The van der Waals surface area contributed by atoms with E-state index >= 15 is 0 Å². The molecule has 2 heterocycles. The van der Waals surface area contributed by atoms with Crippen LogP contribution in [0.5, 0.6) is 5.75 Å². The van der Waals surface area contributed by atoms with E-state index in [1.165, 1.54) is 0 Å². The van der Waals surface area contributed by atoms with E-state index in [1.807, 2.05) is 45.0 Å². The molecule has 0 spiro atoms. The van der Waals surface area contributed by atoms with Crippen LogP contribution in [-0.2, 0) is 4.79 Å². The third kappa shape index (κ3) is 3.52. The predicted octanol–water partition coefficient (Wildman–Crippen LogP) is 3.05. The van der Waals surface area contributed by atoms with E-state index in [1.54, 1.807) is 0 Å². The van der Waals surface area contributed by atoms with Crippen molar-refractivity contribution in [2.45, 2.75) is 46.0 Å². The van der Waals surface area contributed by atoms with Crippen molar-refractivity contribution in [1.82, 2.24) is 9.97 Å². The summed E-state index contributed by atoms with van der Waals surface area (Å²) in [6.07, 6.45) is 1.99. The van der Waals surface area contributed by atoms with Crippen LogP contribution in [0.3, 0.4) is 0 Å². The maximum absolute atomic E-state index is 13.1. The van der Waals surface area contributed by atoms with Crippen molar-refractivity contribution < 1.29 is 9.53 Å². The summed E-state index contributed by atoms with van der Waals surface area (Å²) in [7, 11) is 0. The molecule has 0 bridgehead atoms. The van der Waals surface area contributed by atoms with Gasteiger partial charge in [-0.25, -0.2) is 4.79 Å². The van der Waals surface area contributed by atoms with Gasteiger partial charge in [-0.05, 0) is 36.0 Å². The first kappa shape index (κ1) is 19.2. The predicted molar refractivity (Wildman–Crippen MR) is 110 cm³/mol. The minimum Gasteiger partial charge on any atom is -0.494 e. The molecule has 29 heavy (non-hydrogen) atoms. The lowest BCUT2D eigenvalue weighted by molar-refractivity contribution is -0.118. The average Bonchev–Trinajstić information content (AvgIpc) is 2.64. The lowest BCUT2D eigenvalue weighted by atomic mass is 9.69. The summed E-state index contributed by atoms with van der Waals surface area (Å²) in [5.74, 6) is 0.590. The molecule has 1 aromatic carbocycles. The number of carbonyl (C=O) groups excluding carboxylic acids is 1. The average molecular weight is 395 g/mol. The molecule has 2 aromatic rings. The fraction of sp³-hybridized carbons (Fsp3) is 0.409. The molecule has 152 valence electrons. The maximum Gasteiger partial charge on any atom is 0.327 e. The number of rotatable bonds is 4. The molecule has 0 radical (unpaired) electrons. The molecule has 0 saturated heterocycles. The molecule has 1 atom stereocenters. The Hall–Kier alpha value is -3.09. The number of aromatic amines is 2. The first-order valence-electron chi connectivity index (χ1n) is 9.91. The van der Waals surface area contributed by atoms with Crippen LogP contribution in [0.1, 0.15) is 57.1 Å². The molecule has 1 aliphatic carbocycles. The molecule has 1 aromatic heterocycles. The number of ketones is 1. The number of allylic oxidation sites excluding steroid dienone is 2. The lowest BCUT2D eigenvalue weighted by Gasteiger charge is -2.38. The Labute approximate surface area is 168 Å². The number of benzene rings is 1. The smallest absolute Gasteiger partial charge is 0.327 e. The van der Waals surface area contributed by atoms with Crippen LogP contribution in [0.2, 0.25) is 0 Å². The van der Waals surface area contributed by atoms with Crippen molar-refractivity contribution in [3.05, 3.63) is 67.5 Å². The highest BCUT2D eigenvalue weighted by Gasteiger charge is 2.42. The Bertz CT molecular complexity index is 1110. The van der Waals surface area contributed by atoms with Gasteiger partial charge in [-0.3, -0.25) is 19.6 Å². The van der Waals surface area contributed by atoms with Crippen molar-refractivity contribution in [3.63, 3.8) is 0 Å². The Morgan fingerprint density at radius 1 is 1.07 bits per heavy atom. The van der Waals surface area contributed by atoms with Gasteiger partial charge in [0.2, 0.25) is 0 Å². The van der Waals surface area contributed by atoms with Gasteiger partial charge in [0.05, 0.1) is 12.2 Å². The van der Waals surface area contributed by atoms with E-state index in [2.05, 4.69) is 15.3 Å². The summed E-state index contributed by atoms with van der Waals surface area (Å²) in [6.45, 7) is 6.75. The molecule has 2 aliphatic rings. The van der Waals surface area contributed by atoms with Crippen LogP contribution in [0.25, 0.3) is 0 Å².